The molecule has 0 spiro atoms. The molecule has 4 heteroatoms. The number of hydrogen-bond donors (Lipinski definition) is 2. The quantitative estimate of drug-likeness (QED) is 0.722. The number of ketones is 1. The maximum absolute atomic E-state index is 11.3. The van der Waals surface area contributed by atoms with Crippen LogP contribution in [0.1, 0.15) is 42.7 Å². The molecule has 4 nitrogen and oxygen atoms in total. The number of carbonyl (C=O) groups excluding carboxylic acids is 1. The summed E-state index contributed by atoms with van der Waals surface area (Å²) in [5.74, 6) is 0.608. The SMILES string of the molecule is CC(=O)c1ccc2c(c1)[C@@H](N)[C@H](O)C(C)(C)O2. The third-order valence-corrected chi connectivity index (χ3v) is 3.20. The van der Waals surface area contributed by atoms with Crippen LogP contribution in [0.25, 0.3) is 0 Å². The molecular weight excluding hydrogens is 218 g/mol. The first kappa shape index (κ1) is 12.1. The van der Waals surface area contributed by atoms with Gasteiger partial charge in [-0.05, 0) is 39.0 Å². The summed E-state index contributed by atoms with van der Waals surface area (Å²) in [5.41, 5.74) is 6.54. The van der Waals surface area contributed by atoms with E-state index in [4.69, 9.17) is 10.5 Å². The van der Waals surface area contributed by atoms with Crippen molar-refractivity contribution in [1.82, 2.24) is 0 Å². The molecule has 0 saturated heterocycles. The van der Waals surface area contributed by atoms with E-state index in [9.17, 15) is 9.90 Å². The van der Waals surface area contributed by atoms with Crippen molar-refractivity contribution in [2.24, 2.45) is 5.73 Å². The van der Waals surface area contributed by atoms with Gasteiger partial charge in [-0.3, -0.25) is 4.79 Å². The summed E-state index contributed by atoms with van der Waals surface area (Å²) in [6.45, 7) is 5.08. The summed E-state index contributed by atoms with van der Waals surface area (Å²) in [6, 6.07) is 4.61. The van der Waals surface area contributed by atoms with Gasteiger partial charge in [-0.25, -0.2) is 0 Å². The smallest absolute Gasteiger partial charge is 0.159 e. The molecule has 0 unspecified atom stereocenters. The molecule has 2 rings (SSSR count). The molecule has 0 bridgehead atoms. The zero-order valence-electron chi connectivity index (χ0n) is 10.2. The van der Waals surface area contributed by atoms with Crippen LogP contribution in [0.5, 0.6) is 5.75 Å². The number of rotatable bonds is 1. The molecule has 17 heavy (non-hydrogen) atoms. The molecule has 0 amide bonds. The number of benzene rings is 1. The Labute approximate surface area is 100 Å². The van der Waals surface area contributed by atoms with Gasteiger partial charge in [0, 0.05) is 11.1 Å². The third-order valence-electron chi connectivity index (χ3n) is 3.20. The Morgan fingerprint density at radius 1 is 1.47 bits per heavy atom. The van der Waals surface area contributed by atoms with Crippen molar-refractivity contribution >= 4 is 5.78 Å². The van der Waals surface area contributed by atoms with Crippen molar-refractivity contribution in [3.63, 3.8) is 0 Å². The lowest BCUT2D eigenvalue weighted by Gasteiger charge is -2.40. The molecule has 0 saturated carbocycles. The van der Waals surface area contributed by atoms with Crippen molar-refractivity contribution in [2.45, 2.75) is 38.5 Å². The van der Waals surface area contributed by atoms with Crippen LogP contribution in [-0.2, 0) is 0 Å². The minimum Gasteiger partial charge on any atom is -0.485 e. The lowest BCUT2D eigenvalue weighted by Crippen LogP contribution is -2.51. The number of carbonyl (C=O) groups is 1. The van der Waals surface area contributed by atoms with Crippen molar-refractivity contribution in [2.75, 3.05) is 0 Å². The van der Waals surface area contributed by atoms with Crippen LogP contribution in [0.2, 0.25) is 0 Å². The summed E-state index contributed by atoms with van der Waals surface area (Å²) in [4.78, 5) is 11.3. The summed E-state index contributed by atoms with van der Waals surface area (Å²) < 4.78 is 5.70. The van der Waals surface area contributed by atoms with E-state index in [1.165, 1.54) is 6.92 Å². The normalized spacial score (nSPS) is 25.9. The van der Waals surface area contributed by atoms with Crippen LogP contribution >= 0.6 is 0 Å². The highest BCUT2D eigenvalue weighted by atomic mass is 16.5. The molecule has 1 aromatic carbocycles. The highest BCUT2D eigenvalue weighted by molar-refractivity contribution is 5.94. The second kappa shape index (κ2) is 3.82. The van der Waals surface area contributed by atoms with E-state index in [2.05, 4.69) is 0 Å². The zero-order valence-corrected chi connectivity index (χ0v) is 10.2. The highest BCUT2D eigenvalue weighted by Gasteiger charge is 2.41. The molecular formula is C13H17NO3. The van der Waals surface area contributed by atoms with Crippen molar-refractivity contribution in [3.05, 3.63) is 29.3 Å². The summed E-state index contributed by atoms with van der Waals surface area (Å²) in [5, 5.41) is 10.0. The number of nitrogens with two attached hydrogens (primary N) is 1. The van der Waals surface area contributed by atoms with E-state index in [1.54, 1.807) is 32.0 Å². The van der Waals surface area contributed by atoms with Gasteiger partial charge in [-0.15, -0.1) is 0 Å². The fourth-order valence-electron chi connectivity index (χ4n) is 2.07. The second-order valence-electron chi connectivity index (χ2n) is 4.98. The van der Waals surface area contributed by atoms with Crippen LogP contribution in [0.3, 0.4) is 0 Å². The van der Waals surface area contributed by atoms with Gasteiger partial charge >= 0.3 is 0 Å². The van der Waals surface area contributed by atoms with Gasteiger partial charge in [0.25, 0.3) is 0 Å². The average Bonchev–Trinajstić information content (AvgIpc) is 2.25. The Balaban J connectivity index is 2.50. The van der Waals surface area contributed by atoms with E-state index in [-0.39, 0.29) is 5.78 Å². The van der Waals surface area contributed by atoms with E-state index < -0.39 is 17.7 Å². The van der Waals surface area contributed by atoms with Crippen LogP contribution in [-0.4, -0.2) is 22.6 Å². The number of aliphatic hydroxyl groups excluding tert-OH is 1. The van der Waals surface area contributed by atoms with Gasteiger partial charge in [0.1, 0.15) is 17.5 Å². The van der Waals surface area contributed by atoms with E-state index >= 15 is 0 Å². The third kappa shape index (κ3) is 1.94. The van der Waals surface area contributed by atoms with E-state index in [0.29, 0.717) is 16.9 Å². The number of Topliss-reactive ketones (excluding diaryl/α,β-unsaturated/α-hetero) is 1. The van der Waals surface area contributed by atoms with Gasteiger partial charge in [-0.1, -0.05) is 0 Å². The molecule has 1 aromatic rings. The topological polar surface area (TPSA) is 72.6 Å². The Hall–Kier alpha value is -1.39. The predicted octanol–water partition coefficient (Wildman–Crippen LogP) is 1.42. The molecule has 1 aliphatic rings. The van der Waals surface area contributed by atoms with Crippen LogP contribution in [0.4, 0.5) is 0 Å². The number of aliphatic hydroxyl groups is 1. The molecule has 0 radical (unpaired) electrons. The van der Waals surface area contributed by atoms with E-state index in [0.717, 1.165) is 0 Å². The molecule has 3 N–H and O–H groups in total. The van der Waals surface area contributed by atoms with Gasteiger partial charge in [0.05, 0.1) is 6.04 Å². The predicted molar refractivity (Wildman–Crippen MR) is 64.1 cm³/mol. The Morgan fingerprint density at radius 2 is 2.12 bits per heavy atom. The molecule has 0 aromatic heterocycles. The maximum Gasteiger partial charge on any atom is 0.159 e. The van der Waals surface area contributed by atoms with E-state index in [1.807, 2.05) is 0 Å². The van der Waals surface area contributed by atoms with Gasteiger partial charge in [0.2, 0.25) is 0 Å². The Kier molecular flexibility index (Phi) is 2.72. The fourth-order valence-corrected chi connectivity index (χ4v) is 2.07. The maximum atomic E-state index is 11.3. The van der Waals surface area contributed by atoms with Crippen LogP contribution in [0.15, 0.2) is 18.2 Å². The zero-order chi connectivity index (χ0) is 12.8. The number of hydrogen-bond acceptors (Lipinski definition) is 4. The van der Waals surface area contributed by atoms with Gasteiger partial charge < -0.3 is 15.6 Å². The van der Waals surface area contributed by atoms with Crippen LogP contribution in [0, 0.1) is 0 Å². The Morgan fingerprint density at radius 3 is 2.71 bits per heavy atom. The van der Waals surface area contributed by atoms with Gasteiger partial charge in [-0.2, -0.15) is 0 Å². The molecule has 0 aliphatic carbocycles. The molecule has 2 atom stereocenters. The largest absolute Gasteiger partial charge is 0.485 e. The first-order valence-electron chi connectivity index (χ1n) is 5.60. The van der Waals surface area contributed by atoms with Crippen molar-refractivity contribution in [1.29, 1.82) is 0 Å². The fraction of sp³-hybridized carbons (Fsp3) is 0.462. The Bertz CT molecular complexity index is 468. The summed E-state index contributed by atoms with van der Waals surface area (Å²) >= 11 is 0. The average molecular weight is 235 g/mol. The standard InChI is InChI=1S/C13H17NO3/c1-7(15)8-4-5-10-9(6-8)11(14)12(16)13(2,3)17-10/h4-6,11-12,16H,14H2,1-3H3/t11-,12+/m1/s1. The number of ether oxygens (including phenoxy) is 1. The minimum absolute atomic E-state index is 0.0284. The van der Waals surface area contributed by atoms with Gasteiger partial charge in [0.15, 0.2) is 5.78 Å². The number of fused-ring (bicyclic) bond motifs is 1. The lowest BCUT2D eigenvalue weighted by molar-refractivity contribution is -0.0571. The molecule has 0 fully saturated rings. The molecule has 1 heterocycles. The monoisotopic (exact) mass is 235 g/mol. The first-order valence-corrected chi connectivity index (χ1v) is 5.60. The van der Waals surface area contributed by atoms with Crippen molar-refractivity contribution < 1.29 is 14.6 Å². The molecule has 92 valence electrons. The lowest BCUT2D eigenvalue weighted by atomic mass is 9.86. The highest BCUT2D eigenvalue weighted by Crippen LogP contribution is 2.38. The molecule has 1 aliphatic heterocycles. The first-order chi connectivity index (χ1) is 7.83. The summed E-state index contributed by atoms with van der Waals surface area (Å²) in [7, 11) is 0. The second-order valence-corrected chi connectivity index (χ2v) is 4.98. The summed E-state index contributed by atoms with van der Waals surface area (Å²) in [6.07, 6.45) is -0.794. The van der Waals surface area contributed by atoms with Crippen molar-refractivity contribution in [3.8, 4) is 5.75 Å². The minimum atomic E-state index is -0.794. The van der Waals surface area contributed by atoms with Crippen LogP contribution < -0.4 is 10.5 Å².